The fraction of sp³-hybridized carbons (Fsp3) is 0.304. The summed E-state index contributed by atoms with van der Waals surface area (Å²) in [4.78, 5) is 26.8. The van der Waals surface area contributed by atoms with Crippen molar-refractivity contribution in [2.45, 2.75) is 38.6 Å². The van der Waals surface area contributed by atoms with Gasteiger partial charge < -0.3 is 15.4 Å². The third-order valence-electron chi connectivity index (χ3n) is 5.98. The van der Waals surface area contributed by atoms with Gasteiger partial charge in [-0.1, -0.05) is 0 Å². The summed E-state index contributed by atoms with van der Waals surface area (Å²) < 4.78 is 7.15. The topological polar surface area (TPSA) is 89.0 Å². The maximum absolute atomic E-state index is 12.6. The number of nitrogens with zero attached hydrogens (tertiary/aromatic N) is 3. The number of hydrogen-bond donors (Lipinski definition) is 2. The molecule has 32 heavy (non-hydrogen) atoms. The van der Waals surface area contributed by atoms with Gasteiger partial charge in [0, 0.05) is 39.7 Å². The number of amides is 1. The molecule has 1 aliphatic heterocycles. The number of ether oxygens (including phenoxy) is 1. The minimum absolute atomic E-state index is 0.0369. The quantitative estimate of drug-likeness (QED) is 0.400. The number of nitrogens with one attached hydrogen (secondary N) is 2. The SMILES string of the molecule is C[C@H]1CNc2c(sc3ccc4nc(Oc5nc(Cl)nc6c5CCCC6)ccc4c23)C(=O)N1. The van der Waals surface area contributed by atoms with Crippen LogP contribution in [-0.2, 0) is 12.8 Å². The van der Waals surface area contributed by atoms with E-state index in [9.17, 15) is 4.79 Å². The molecule has 2 N–H and O–H groups in total. The number of carbonyl (C=O) groups excluding carboxylic acids is 1. The molecule has 1 atom stereocenters. The third kappa shape index (κ3) is 3.25. The van der Waals surface area contributed by atoms with Crippen molar-refractivity contribution in [2.75, 3.05) is 11.9 Å². The molecule has 0 saturated heterocycles. The lowest BCUT2D eigenvalue weighted by Gasteiger charge is -2.17. The second-order valence-corrected chi connectivity index (χ2v) is 9.64. The van der Waals surface area contributed by atoms with Gasteiger partial charge in [-0.05, 0) is 62.4 Å². The largest absolute Gasteiger partial charge is 0.420 e. The molecule has 0 radical (unpaired) electrons. The van der Waals surface area contributed by atoms with E-state index in [1.54, 1.807) is 0 Å². The molecule has 4 heterocycles. The fourth-order valence-electron chi connectivity index (χ4n) is 4.48. The monoisotopic (exact) mass is 465 g/mol. The van der Waals surface area contributed by atoms with E-state index in [1.165, 1.54) is 11.3 Å². The molecule has 7 nitrogen and oxygen atoms in total. The summed E-state index contributed by atoms with van der Waals surface area (Å²) in [7, 11) is 0. The Bertz CT molecular complexity index is 1400. The van der Waals surface area contributed by atoms with Crippen molar-refractivity contribution in [1.29, 1.82) is 0 Å². The molecule has 1 amide bonds. The first-order chi connectivity index (χ1) is 15.6. The van der Waals surface area contributed by atoms with E-state index in [4.69, 9.17) is 21.3 Å². The van der Waals surface area contributed by atoms with E-state index in [-0.39, 0.29) is 17.2 Å². The summed E-state index contributed by atoms with van der Waals surface area (Å²) in [5.41, 5.74) is 3.66. The average Bonchev–Trinajstić information content (AvgIpc) is 3.10. The van der Waals surface area contributed by atoms with Crippen LogP contribution in [0.3, 0.4) is 0 Å². The van der Waals surface area contributed by atoms with Crippen molar-refractivity contribution >= 4 is 55.5 Å². The van der Waals surface area contributed by atoms with E-state index in [0.29, 0.717) is 23.2 Å². The molecule has 0 bridgehead atoms. The van der Waals surface area contributed by atoms with Crippen LogP contribution in [0, 0.1) is 0 Å². The standard InChI is InChI=1S/C23H20ClN5O2S/c1-11-10-25-19-18-12-6-9-17(27-15(12)7-8-16(18)32-20(19)21(30)26-11)31-22-13-4-2-3-5-14(13)28-23(24)29-22/h6-9,11,25H,2-5,10H2,1H3,(H,26,30)/t11-/m0/s1. The van der Waals surface area contributed by atoms with Crippen molar-refractivity contribution in [1.82, 2.24) is 20.3 Å². The predicted octanol–water partition coefficient (Wildman–Crippen LogP) is 5.11. The highest BCUT2D eigenvalue weighted by Crippen LogP contribution is 2.41. The van der Waals surface area contributed by atoms with E-state index < -0.39 is 0 Å². The number of aromatic nitrogens is 3. The summed E-state index contributed by atoms with van der Waals surface area (Å²) in [6, 6.07) is 7.88. The van der Waals surface area contributed by atoms with Crippen molar-refractivity contribution in [3.05, 3.63) is 45.7 Å². The van der Waals surface area contributed by atoms with Crippen LogP contribution in [0.25, 0.3) is 21.0 Å². The van der Waals surface area contributed by atoms with Crippen LogP contribution in [0.5, 0.6) is 11.8 Å². The Balaban J connectivity index is 1.44. The molecule has 0 unspecified atom stereocenters. The first kappa shape index (κ1) is 19.7. The number of halogens is 1. The predicted molar refractivity (Wildman–Crippen MR) is 126 cm³/mol. The molecule has 0 saturated carbocycles. The van der Waals surface area contributed by atoms with E-state index in [2.05, 4.69) is 20.6 Å². The van der Waals surface area contributed by atoms with Gasteiger partial charge in [0.15, 0.2) is 0 Å². The number of anilines is 1. The molecule has 6 rings (SSSR count). The summed E-state index contributed by atoms with van der Waals surface area (Å²) in [6.07, 6.45) is 3.95. The summed E-state index contributed by atoms with van der Waals surface area (Å²) in [5.74, 6) is 0.912. The Labute approximate surface area is 193 Å². The zero-order valence-electron chi connectivity index (χ0n) is 17.4. The lowest BCUT2D eigenvalue weighted by molar-refractivity contribution is 0.0949. The Morgan fingerprint density at radius 1 is 1.12 bits per heavy atom. The molecule has 1 aromatic carbocycles. The Morgan fingerprint density at radius 3 is 2.91 bits per heavy atom. The highest BCUT2D eigenvalue weighted by atomic mass is 35.5. The van der Waals surface area contributed by atoms with Crippen LogP contribution in [0.2, 0.25) is 5.28 Å². The van der Waals surface area contributed by atoms with Crippen molar-refractivity contribution < 1.29 is 9.53 Å². The van der Waals surface area contributed by atoms with Gasteiger partial charge in [-0.25, -0.2) is 9.97 Å². The van der Waals surface area contributed by atoms with Crippen LogP contribution < -0.4 is 15.4 Å². The number of thiophene rings is 1. The number of rotatable bonds is 2. The maximum Gasteiger partial charge on any atom is 0.263 e. The van der Waals surface area contributed by atoms with Crippen LogP contribution in [0.1, 0.15) is 40.7 Å². The van der Waals surface area contributed by atoms with Gasteiger partial charge in [0.1, 0.15) is 4.88 Å². The van der Waals surface area contributed by atoms with E-state index >= 15 is 0 Å². The molecule has 2 aliphatic rings. The molecular weight excluding hydrogens is 446 g/mol. The Morgan fingerprint density at radius 2 is 2.00 bits per heavy atom. The van der Waals surface area contributed by atoms with E-state index in [1.807, 2.05) is 31.2 Å². The number of fused-ring (bicyclic) bond motifs is 6. The van der Waals surface area contributed by atoms with Crippen LogP contribution >= 0.6 is 22.9 Å². The van der Waals surface area contributed by atoms with Gasteiger partial charge in [-0.3, -0.25) is 4.79 Å². The molecular formula is C23H20ClN5O2S. The molecule has 4 aromatic rings. The minimum atomic E-state index is -0.0369. The molecule has 0 fully saturated rings. The number of aryl methyl sites for hydroxylation is 1. The number of benzene rings is 1. The van der Waals surface area contributed by atoms with Gasteiger partial charge in [-0.15, -0.1) is 11.3 Å². The Kier molecular flexibility index (Phi) is 4.66. The first-order valence-corrected chi connectivity index (χ1v) is 11.9. The fourth-order valence-corrected chi connectivity index (χ4v) is 5.75. The number of pyridine rings is 1. The highest BCUT2D eigenvalue weighted by molar-refractivity contribution is 7.21. The van der Waals surface area contributed by atoms with Gasteiger partial charge in [0.05, 0.1) is 16.9 Å². The van der Waals surface area contributed by atoms with Gasteiger partial charge in [0.2, 0.25) is 17.0 Å². The zero-order valence-corrected chi connectivity index (χ0v) is 18.9. The minimum Gasteiger partial charge on any atom is -0.420 e. The lowest BCUT2D eigenvalue weighted by atomic mass is 9.97. The summed E-state index contributed by atoms with van der Waals surface area (Å²) in [5, 5.41) is 8.67. The Hall–Kier alpha value is -2.97. The number of carbonyl (C=O) groups is 1. The smallest absolute Gasteiger partial charge is 0.263 e. The molecule has 1 aliphatic carbocycles. The third-order valence-corrected chi connectivity index (χ3v) is 7.31. The normalized spacial score (nSPS) is 17.9. The first-order valence-electron chi connectivity index (χ1n) is 10.7. The van der Waals surface area contributed by atoms with Crippen molar-refractivity contribution in [2.24, 2.45) is 0 Å². The maximum atomic E-state index is 12.6. The molecule has 9 heteroatoms. The van der Waals surface area contributed by atoms with E-state index in [0.717, 1.165) is 63.6 Å². The molecule has 3 aromatic heterocycles. The second-order valence-electron chi connectivity index (χ2n) is 8.25. The van der Waals surface area contributed by atoms with Crippen molar-refractivity contribution in [3.8, 4) is 11.8 Å². The highest BCUT2D eigenvalue weighted by Gasteiger charge is 2.25. The lowest BCUT2D eigenvalue weighted by Crippen LogP contribution is -2.34. The summed E-state index contributed by atoms with van der Waals surface area (Å²) >= 11 is 7.63. The van der Waals surface area contributed by atoms with Gasteiger partial charge in [-0.2, -0.15) is 4.98 Å². The van der Waals surface area contributed by atoms with Gasteiger partial charge in [0.25, 0.3) is 5.91 Å². The zero-order chi connectivity index (χ0) is 21.8. The molecule has 162 valence electrons. The average molecular weight is 466 g/mol. The molecule has 0 spiro atoms. The van der Waals surface area contributed by atoms with Gasteiger partial charge >= 0.3 is 0 Å². The second kappa shape index (κ2) is 7.56. The summed E-state index contributed by atoms with van der Waals surface area (Å²) in [6.45, 7) is 2.67. The van der Waals surface area contributed by atoms with Crippen LogP contribution in [0.15, 0.2) is 24.3 Å². The van der Waals surface area contributed by atoms with Crippen molar-refractivity contribution in [3.63, 3.8) is 0 Å². The number of hydrogen-bond acceptors (Lipinski definition) is 7. The van der Waals surface area contributed by atoms with Crippen LogP contribution in [-0.4, -0.2) is 33.4 Å². The van der Waals surface area contributed by atoms with Crippen LogP contribution in [0.4, 0.5) is 5.69 Å².